The van der Waals surface area contributed by atoms with Gasteiger partial charge >= 0.3 is 0 Å². The number of fused-ring (bicyclic) bond motifs is 1. The number of nitrogens with one attached hydrogen (secondary N) is 2. The van der Waals surface area contributed by atoms with Crippen LogP contribution >= 0.6 is 12.4 Å². The topological polar surface area (TPSA) is 50.4 Å². The van der Waals surface area contributed by atoms with E-state index in [4.69, 9.17) is 4.74 Å². The van der Waals surface area contributed by atoms with Crippen molar-refractivity contribution in [3.63, 3.8) is 0 Å². The van der Waals surface area contributed by atoms with Gasteiger partial charge in [0.25, 0.3) is 0 Å². The number of benzene rings is 1. The van der Waals surface area contributed by atoms with Crippen molar-refractivity contribution in [2.75, 3.05) is 19.7 Å². The van der Waals surface area contributed by atoms with E-state index in [9.17, 15) is 4.79 Å². The summed E-state index contributed by atoms with van der Waals surface area (Å²) >= 11 is 0. The maximum atomic E-state index is 12.3. The Morgan fingerprint density at radius 3 is 3.05 bits per heavy atom. The number of hydrogen-bond donors (Lipinski definition) is 2. The van der Waals surface area contributed by atoms with E-state index in [1.807, 2.05) is 24.3 Å². The van der Waals surface area contributed by atoms with E-state index in [0.29, 0.717) is 24.9 Å². The summed E-state index contributed by atoms with van der Waals surface area (Å²) < 4.78 is 5.61. The number of amides is 1. The monoisotopic (exact) mass is 324 g/mol. The number of rotatable bonds is 4. The molecule has 1 aromatic rings. The Balaban J connectivity index is 0.00000176. The average Bonchev–Trinajstić information content (AvgIpc) is 2.91. The predicted octanol–water partition coefficient (Wildman–Crippen LogP) is 2.68. The Morgan fingerprint density at radius 1 is 1.45 bits per heavy atom. The predicted molar refractivity (Wildman–Crippen MR) is 89.4 cm³/mol. The van der Waals surface area contributed by atoms with Gasteiger partial charge in [-0.15, -0.1) is 12.4 Å². The number of carbonyl (C=O) groups is 1. The molecule has 0 aromatic heterocycles. The summed E-state index contributed by atoms with van der Waals surface area (Å²) in [4.78, 5) is 12.3. The van der Waals surface area contributed by atoms with Crippen LogP contribution in [0.2, 0.25) is 0 Å². The number of carbonyl (C=O) groups excluding carboxylic acids is 1. The average molecular weight is 325 g/mol. The van der Waals surface area contributed by atoms with Gasteiger partial charge in [0.1, 0.15) is 12.4 Å². The zero-order chi connectivity index (χ0) is 14.7. The lowest BCUT2D eigenvalue weighted by Crippen LogP contribution is -2.36. The fourth-order valence-corrected chi connectivity index (χ4v) is 3.36. The van der Waals surface area contributed by atoms with Crippen molar-refractivity contribution in [2.24, 2.45) is 11.8 Å². The highest BCUT2D eigenvalue weighted by Gasteiger charge is 2.27. The number of hydrogen-bond acceptors (Lipinski definition) is 3. The van der Waals surface area contributed by atoms with Crippen LogP contribution in [0.15, 0.2) is 24.3 Å². The lowest BCUT2D eigenvalue weighted by molar-refractivity contribution is -0.123. The van der Waals surface area contributed by atoms with E-state index >= 15 is 0 Å². The second-order valence-electron chi connectivity index (χ2n) is 6.26. The van der Waals surface area contributed by atoms with Crippen molar-refractivity contribution in [2.45, 2.75) is 32.2 Å². The molecule has 1 saturated heterocycles. The van der Waals surface area contributed by atoms with E-state index in [0.717, 1.165) is 24.4 Å². The van der Waals surface area contributed by atoms with Crippen LogP contribution in [0.25, 0.3) is 0 Å². The van der Waals surface area contributed by atoms with Crippen LogP contribution in [0.5, 0.6) is 5.75 Å². The molecule has 0 saturated carbocycles. The molecule has 2 aliphatic rings. The first-order valence-electron chi connectivity index (χ1n) is 7.96. The quantitative estimate of drug-likeness (QED) is 0.895. The molecular weight excluding hydrogens is 300 g/mol. The molecule has 22 heavy (non-hydrogen) atoms. The van der Waals surface area contributed by atoms with Gasteiger partial charge in [-0.1, -0.05) is 25.1 Å². The molecule has 0 bridgehead atoms. The zero-order valence-electron chi connectivity index (χ0n) is 13.0. The van der Waals surface area contributed by atoms with Gasteiger partial charge in [-0.3, -0.25) is 4.79 Å². The normalized spacial score (nSPS) is 24.6. The van der Waals surface area contributed by atoms with Crippen molar-refractivity contribution in [3.05, 3.63) is 29.8 Å². The summed E-state index contributed by atoms with van der Waals surface area (Å²) in [5, 5.41) is 6.54. The van der Waals surface area contributed by atoms with Crippen LogP contribution in [0.1, 0.15) is 37.8 Å². The molecule has 3 rings (SSSR count). The summed E-state index contributed by atoms with van der Waals surface area (Å²) in [6.07, 6.45) is 3.06. The molecular formula is C17H25ClN2O2. The van der Waals surface area contributed by atoms with E-state index in [2.05, 4.69) is 17.6 Å². The van der Waals surface area contributed by atoms with Crippen molar-refractivity contribution in [3.8, 4) is 5.75 Å². The second-order valence-corrected chi connectivity index (χ2v) is 6.26. The minimum atomic E-state index is 0. The molecule has 1 fully saturated rings. The Labute approximate surface area is 138 Å². The van der Waals surface area contributed by atoms with Gasteiger partial charge in [0.2, 0.25) is 5.91 Å². The van der Waals surface area contributed by atoms with Crippen molar-refractivity contribution >= 4 is 18.3 Å². The highest BCUT2D eigenvalue weighted by molar-refractivity contribution is 5.85. The molecule has 4 nitrogen and oxygen atoms in total. The SMILES string of the molecule is CC(CC(=O)NC1COc2ccccc21)C1CCCNC1.Cl. The number of ether oxygens (including phenoxy) is 1. The third-order valence-electron chi connectivity index (χ3n) is 4.68. The zero-order valence-corrected chi connectivity index (χ0v) is 13.8. The van der Waals surface area contributed by atoms with Crippen LogP contribution in [0.4, 0.5) is 0 Å². The molecule has 0 radical (unpaired) electrons. The molecule has 3 unspecified atom stereocenters. The van der Waals surface area contributed by atoms with E-state index in [1.54, 1.807) is 0 Å². The summed E-state index contributed by atoms with van der Waals surface area (Å²) in [6, 6.07) is 7.94. The molecule has 1 aromatic carbocycles. The molecule has 122 valence electrons. The fraction of sp³-hybridized carbons (Fsp3) is 0.588. The number of halogens is 1. The molecule has 5 heteroatoms. The Hall–Kier alpha value is -1.26. The lowest BCUT2D eigenvalue weighted by Gasteiger charge is -2.28. The van der Waals surface area contributed by atoms with Gasteiger partial charge in [0, 0.05) is 12.0 Å². The highest BCUT2D eigenvalue weighted by atomic mass is 35.5. The van der Waals surface area contributed by atoms with Crippen LogP contribution in [0.3, 0.4) is 0 Å². The Bertz CT molecular complexity index is 503. The summed E-state index contributed by atoms with van der Waals surface area (Å²) in [6.45, 7) is 4.90. The van der Waals surface area contributed by atoms with Crippen LogP contribution in [-0.2, 0) is 4.79 Å². The van der Waals surface area contributed by atoms with Crippen LogP contribution < -0.4 is 15.4 Å². The fourth-order valence-electron chi connectivity index (χ4n) is 3.36. The summed E-state index contributed by atoms with van der Waals surface area (Å²) in [5.41, 5.74) is 1.10. The molecule has 0 aliphatic carbocycles. The van der Waals surface area contributed by atoms with Crippen molar-refractivity contribution < 1.29 is 9.53 Å². The van der Waals surface area contributed by atoms with Gasteiger partial charge in [-0.25, -0.2) is 0 Å². The number of piperidine rings is 1. The van der Waals surface area contributed by atoms with Gasteiger partial charge < -0.3 is 15.4 Å². The molecule has 2 N–H and O–H groups in total. The smallest absolute Gasteiger partial charge is 0.220 e. The van der Waals surface area contributed by atoms with E-state index in [1.165, 1.54) is 12.8 Å². The number of para-hydroxylation sites is 1. The first-order valence-corrected chi connectivity index (χ1v) is 7.96. The van der Waals surface area contributed by atoms with Crippen molar-refractivity contribution in [1.82, 2.24) is 10.6 Å². The highest BCUT2D eigenvalue weighted by Crippen LogP contribution is 2.32. The van der Waals surface area contributed by atoms with Crippen LogP contribution in [-0.4, -0.2) is 25.6 Å². The molecule has 2 aliphatic heterocycles. The first kappa shape index (κ1) is 17.1. The third-order valence-corrected chi connectivity index (χ3v) is 4.68. The van der Waals surface area contributed by atoms with Crippen LogP contribution in [0, 0.1) is 11.8 Å². The minimum Gasteiger partial charge on any atom is -0.491 e. The van der Waals surface area contributed by atoms with Gasteiger partial charge in [-0.2, -0.15) is 0 Å². The Kier molecular flexibility index (Phi) is 6.09. The van der Waals surface area contributed by atoms with Gasteiger partial charge in [-0.05, 0) is 43.8 Å². The second kappa shape index (κ2) is 7.84. The van der Waals surface area contributed by atoms with E-state index < -0.39 is 0 Å². The largest absolute Gasteiger partial charge is 0.491 e. The van der Waals surface area contributed by atoms with Gasteiger partial charge in [0.05, 0.1) is 6.04 Å². The van der Waals surface area contributed by atoms with Crippen molar-refractivity contribution in [1.29, 1.82) is 0 Å². The maximum Gasteiger partial charge on any atom is 0.220 e. The van der Waals surface area contributed by atoms with E-state index in [-0.39, 0.29) is 24.4 Å². The summed E-state index contributed by atoms with van der Waals surface area (Å²) in [5.74, 6) is 2.08. The lowest BCUT2D eigenvalue weighted by atomic mass is 9.85. The molecule has 2 heterocycles. The van der Waals surface area contributed by atoms with Gasteiger partial charge in [0.15, 0.2) is 0 Å². The third kappa shape index (κ3) is 3.93. The standard InChI is InChI=1S/C17H24N2O2.ClH/c1-12(13-5-4-8-18-10-13)9-17(20)19-15-11-21-16-7-3-2-6-14(15)16;/h2-3,6-7,12-13,15,18H,4-5,8-11H2,1H3,(H,19,20);1H. The first-order chi connectivity index (χ1) is 10.2. The molecule has 0 spiro atoms. The minimum absolute atomic E-state index is 0. The summed E-state index contributed by atoms with van der Waals surface area (Å²) in [7, 11) is 0. The Morgan fingerprint density at radius 2 is 2.27 bits per heavy atom. The maximum absolute atomic E-state index is 12.3. The molecule has 3 atom stereocenters. The molecule has 1 amide bonds.